The predicted octanol–water partition coefficient (Wildman–Crippen LogP) is 2.08. The molecule has 27 heavy (non-hydrogen) atoms. The van der Waals surface area contributed by atoms with Crippen molar-refractivity contribution in [3.05, 3.63) is 71.5 Å². The van der Waals surface area contributed by atoms with Gasteiger partial charge in [0.2, 0.25) is 5.91 Å². The van der Waals surface area contributed by atoms with Gasteiger partial charge in [0.1, 0.15) is 11.9 Å². The molecule has 2 saturated heterocycles. The molecule has 2 aliphatic rings. The van der Waals surface area contributed by atoms with Crippen molar-refractivity contribution in [1.29, 1.82) is 0 Å². The average Bonchev–Trinajstić information content (AvgIpc) is 3.20. The smallest absolute Gasteiger partial charge is 0.241 e. The maximum atomic E-state index is 13.1. The summed E-state index contributed by atoms with van der Waals surface area (Å²) in [4.78, 5) is 17.2. The molecule has 2 unspecified atom stereocenters. The fourth-order valence-electron chi connectivity index (χ4n) is 3.82. The second kappa shape index (κ2) is 8.17. The molecule has 1 amide bonds. The van der Waals surface area contributed by atoms with Crippen molar-refractivity contribution in [2.24, 2.45) is 0 Å². The molecule has 4 rings (SSSR count). The summed E-state index contributed by atoms with van der Waals surface area (Å²) in [5.41, 5.74) is 8.59. The van der Waals surface area contributed by atoms with Gasteiger partial charge in [0, 0.05) is 38.8 Å². The quantitative estimate of drug-likeness (QED) is 0.868. The zero-order chi connectivity index (χ0) is 18.6. The number of hydrazine groups is 1. The van der Waals surface area contributed by atoms with E-state index >= 15 is 0 Å². The maximum absolute atomic E-state index is 13.1. The third-order valence-corrected chi connectivity index (χ3v) is 5.41. The Morgan fingerprint density at radius 3 is 2.37 bits per heavy atom. The number of rotatable bonds is 4. The Kier molecular flexibility index (Phi) is 5.48. The molecule has 2 aliphatic heterocycles. The van der Waals surface area contributed by atoms with Crippen molar-refractivity contribution < 1.29 is 9.18 Å². The van der Waals surface area contributed by atoms with Gasteiger partial charge >= 0.3 is 0 Å². The van der Waals surface area contributed by atoms with Crippen molar-refractivity contribution >= 4 is 5.91 Å². The number of carbonyl (C=O) groups is 1. The number of amides is 1. The van der Waals surface area contributed by atoms with Crippen molar-refractivity contribution in [3.8, 4) is 0 Å². The Bertz CT molecular complexity index is 760. The number of nitrogens with zero attached hydrogens (tertiary/aromatic N) is 2. The molecule has 2 aromatic rings. The van der Waals surface area contributed by atoms with Gasteiger partial charge in [0.25, 0.3) is 0 Å². The van der Waals surface area contributed by atoms with Crippen molar-refractivity contribution in [1.82, 2.24) is 20.7 Å². The van der Waals surface area contributed by atoms with Gasteiger partial charge in [-0.3, -0.25) is 9.69 Å². The summed E-state index contributed by atoms with van der Waals surface area (Å²) in [7, 11) is 0. The van der Waals surface area contributed by atoms with E-state index in [4.69, 9.17) is 0 Å². The van der Waals surface area contributed by atoms with E-state index in [1.165, 1.54) is 17.7 Å². The second-order valence-electron chi connectivity index (χ2n) is 7.27. The van der Waals surface area contributed by atoms with Crippen LogP contribution in [0.2, 0.25) is 0 Å². The highest BCUT2D eigenvalue weighted by Crippen LogP contribution is 2.23. The minimum Gasteiger partial charge on any atom is -0.339 e. The molecule has 142 valence electrons. The normalized spacial score (nSPS) is 23.5. The molecular formula is C21H25FN4O. The Morgan fingerprint density at radius 2 is 1.67 bits per heavy atom. The van der Waals surface area contributed by atoms with Crippen LogP contribution in [0.25, 0.3) is 0 Å². The van der Waals surface area contributed by atoms with Crippen LogP contribution >= 0.6 is 0 Å². The fraction of sp³-hybridized carbons (Fsp3) is 0.381. The first-order valence-corrected chi connectivity index (χ1v) is 9.50. The Hall–Kier alpha value is -2.28. The molecule has 2 aromatic carbocycles. The van der Waals surface area contributed by atoms with Gasteiger partial charge in [-0.2, -0.15) is 0 Å². The molecule has 2 atom stereocenters. The van der Waals surface area contributed by atoms with Crippen LogP contribution in [0.5, 0.6) is 0 Å². The summed E-state index contributed by atoms with van der Waals surface area (Å²) in [5.74, 6) is -0.0998. The Labute approximate surface area is 159 Å². The van der Waals surface area contributed by atoms with Crippen LogP contribution < -0.4 is 10.9 Å². The zero-order valence-electron chi connectivity index (χ0n) is 15.3. The van der Waals surface area contributed by atoms with E-state index in [0.29, 0.717) is 6.42 Å². The number of hydrogen-bond acceptors (Lipinski definition) is 4. The molecule has 0 spiro atoms. The molecule has 0 aliphatic carbocycles. The molecule has 6 heteroatoms. The summed E-state index contributed by atoms with van der Waals surface area (Å²) in [5, 5.41) is 0. The standard InChI is InChI=1S/C21H25FN4O/c22-18-8-6-17(7-9-18)19-14-20(24-23-19)21(27)26-12-10-25(11-13-26)15-16-4-2-1-3-5-16/h1-9,19-20,23-24H,10-15H2. The van der Waals surface area contributed by atoms with E-state index < -0.39 is 0 Å². The van der Waals surface area contributed by atoms with Gasteiger partial charge in [-0.25, -0.2) is 15.2 Å². The van der Waals surface area contributed by atoms with Crippen LogP contribution in [0.1, 0.15) is 23.6 Å². The third-order valence-electron chi connectivity index (χ3n) is 5.41. The van der Waals surface area contributed by atoms with Crippen LogP contribution in [0.4, 0.5) is 4.39 Å². The molecule has 0 bridgehead atoms. The SMILES string of the molecule is O=C(C1CC(c2ccc(F)cc2)NN1)N1CCN(Cc2ccccc2)CC1. The lowest BCUT2D eigenvalue weighted by Crippen LogP contribution is -2.53. The molecule has 0 saturated carbocycles. The number of piperazine rings is 1. The van der Waals surface area contributed by atoms with Crippen LogP contribution in [0, 0.1) is 5.82 Å². The minimum atomic E-state index is -0.245. The summed E-state index contributed by atoms with van der Waals surface area (Å²) >= 11 is 0. The number of halogens is 1. The fourth-order valence-corrected chi connectivity index (χ4v) is 3.82. The van der Waals surface area contributed by atoms with E-state index in [0.717, 1.165) is 38.3 Å². The molecular weight excluding hydrogens is 343 g/mol. The van der Waals surface area contributed by atoms with Gasteiger partial charge in [0.15, 0.2) is 0 Å². The summed E-state index contributed by atoms with van der Waals surface area (Å²) in [6.07, 6.45) is 0.675. The Morgan fingerprint density at radius 1 is 0.963 bits per heavy atom. The van der Waals surface area contributed by atoms with Gasteiger partial charge in [-0.15, -0.1) is 0 Å². The second-order valence-corrected chi connectivity index (χ2v) is 7.27. The predicted molar refractivity (Wildman–Crippen MR) is 102 cm³/mol. The highest BCUT2D eigenvalue weighted by molar-refractivity contribution is 5.82. The number of hydrogen-bond donors (Lipinski definition) is 2. The first-order valence-electron chi connectivity index (χ1n) is 9.50. The highest BCUT2D eigenvalue weighted by Gasteiger charge is 2.34. The van der Waals surface area contributed by atoms with Gasteiger partial charge in [-0.05, 0) is 29.7 Å². The zero-order valence-corrected chi connectivity index (χ0v) is 15.3. The molecule has 0 radical (unpaired) electrons. The Balaban J connectivity index is 1.28. The lowest BCUT2D eigenvalue weighted by atomic mass is 10.0. The topological polar surface area (TPSA) is 47.6 Å². The van der Waals surface area contributed by atoms with Gasteiger partial charge in [0.05, 0.1) is 0 Å². The first kappa shape index (κ1) is 18.1. The van der Waals surface area contributed by atoms with E-state index in [9.17, 15) is 9.18 Å². The van der Waals surface area contributed by atoms with Crippen LogP contribution in [-0.4, -0.2) is 47.9 Å². The molecule has 5 nitrogen and oxygen atoms in total. The first-order chi connectivity index (χ1) is 13.2. The molecule has 0 aromatic heterocycles. The maximum Gasteiger partial charge on any atom is 0.241 e. The van der Waals surface area contributed by atoms with Crippen LogP contribution in [0.15, 0.2) is 54.6 Å². The lowest BCUT2D eigenvalue weighted by molar-refractivity contribution is -0.135. The average molecular weight is 368 g/mol. The third kappa shape index (κ3) is 4.35. The molecule has 2 heterocycles. The number of carbonyl (C=O) groups excluding carboxylic acids is 1. The van der Waals surface area contributed by atoms with E-state index in [1.807, 2.05) is 11.0 Å². The largest absolute Gasteiger partial charge is 0.339 e. The summed E-state index contributed by atoms with van der Waals surface area (Å²) < 4.78 is 13.1. The van der Waals surface area contributed by atoms with Gasteiger partial charge < -0.3 is 4.90 Å². The number of benzene rings is 2. The number of nitrogens with one attached hydrogen (secondary N) is 2. The molecule has 2 fully saturated rings. The van der Waals surface area contributed by atoms with Crippen LogP contribution in [-0.2, 0) is 11.3 Å². The minimum absolute atomic E-state index is 0.0268. The van der Waals surface area contributed by atoms with Crippen molar-refractivity contribution in [3.63, 3.8) is 0 Å². The molecule has 2 N–H and O–H groups in total. The van der Waals surface area contributed by atoms with E-state index in [-0.39, 0.29) is 23.8 Å². The summed E-state index contributed by atoms with van der Waals surface area (Å²) in [6, 6.07) is 16.7. The van der Waals surface area contributed by atoms with Crippen LogP contribution in [0.3, 0.4) is 0 Å². The van der Waals surface area contributed by atoms with E-state index in [2.05, 4.69) is 40.0 Å². The lowest BCUT2D eigenvalue weighted by Gasteiger charge is -2.35. The van der Waals surface area contributed by atoms with Gasteiger partial charge in [-0.1, -0.05) is 42.5 Å². The van der Waals surface area contributed by atoms with Crippen molar-refractivity contribution in [2.75, 3.05) is 26.2 Å². The van der Waals surface area contributed by atoms with E-state index in [1.54, 1.807) is 12.1 Å². The summed E-state index contributed by atoms with van der Waals surface area (Å²) in [6.45, 7) is 4.22. The highest BCUT2D eigenvalue weighted by atomic mass is 19.1. The monoisotopic (exact) mass is 368 g/mol. The van der Waals surface area contributed by atoms with Crippen molar-refractivity contribution in [2.45, 2.75) is 25.0 Å².